The fourth-order valence-corrected chi connectivity index (χ4v) is 4.59. The summed E-state index contributed by atoms with van der Waals surface area (Å²) < 4.78 is 40.9. The van der Waals surface area contributed by atoms with Crippen LogP contribution in [-0.4, -0.2) is 78.1 Å². The highest BCUT2D eigenvalue weighted by Crippen LogP contribution is 2.40. The predicted molar refractivity (Wildman–Crippen MR) is 142 cm³/mol. The average molecular weight is 584 g/mol. The van der Waals surface area contributed by atoms with E-state index < -0.39 is 33.5 Å². The highest BCUT2D eigenvalue weighted by Gasteiger charge is 2.57. The Balaban J connectivity index is 1.61. The highest BCUT2D eigenvalue weighted by molar-refractivity contribution is 7.80. The number of carbonyl (C=O) groups is 2. The first-order valence-electron chi connectivity index (χ1n) is 11.5. The third-order valence-electron chi connectivity index (χ3n) is 5.62. The Kier molecular flexibility index (Phi) is 9.57. The Morgan fingerprint density at radius 1 is 1.26 bits per heavy atom. The number of ketones is 1. The molecule has 1 fully saturated rings. The molecule has 1 aliphatic rings. The smallest absolute Gasteiger partial charge is 0.418 e. The number of amides is 1. The Hall–Kier alpha value is -3.64. The lowest BCUT2D eigenvalue weighted by molar-refractivity contribution is -0.228. The molecule has 1 amide bonds. The van der Waals surface area contributed by atoms with Crippen LogP contribution in [0, 0.1) is 5.92 Å². The van der Waals surface area contributed by atoms with Crippen molar-refractivity contribution in [2.45, 2.75) is 25.8 Å². The third-order valence-corrected chi connectivity index (χ3v) is 6.63. The number of nitrogens with zero attached hydrogens (tertiary/aromatic N) is 4. The average Bonchev–Trinajstić information content (AvgIpc) is 3.31. The van der Waals surface area contributed by atoms with Gasteiger partial charge < -0.3 is 26.8 Å². The van der Waals surface area contributed by atoms with Crippen molar-refractivity contribution in [2.24, 2.45) is 27.5 Å². The van der Waals surface area contributed by atoms with Crippen molar-refractivity contribution < 1.29 is 36.4 Å². The van der Waals surface area contributed by atoms with E-state index in [1.54, 1.807) is 24.3 Å². The zero-order valence-corrected chi connectivity index (χ0v) is 22.8. The SMILES string of the molecule is CC1(C)[C@H](CC(=O)/C(=N\OCCOc2ccc(C(N)=NCCN)cc2)c2csc(N)n2)C(=O)N1OS(=O)(=O)O. The van der Waals surface area contributed by atoms with Crippen LogP contribution in [0.2, 0.25) is 0 Å². The summed E-state index contributed by atoms with van der Waals surface area (Å²) in [6.07, 6.45) is -0.350. The molecule has 1 aromatic carbocycles. The van der Waals surface area contributed by atoms with Crippen molar-refractivity contribution in [3.8, 4) is 5.75 Å². The van der Waals surface area contributed by atoms with Gasteiger partial charge in [-0.15, -0.1) is 15.6 Å². The second-order valence-electron chi connectivity index (χ2n) is 8.74. The molecule has 1 aromatic heterocycles. The summed E-state index contributed by atoms with van der Waals surface area (Å²) in [7, 11) is -4.92. The van der Waals surface area contributed by atoms with Crippen LogP contribution in [0.4, 0.5) is 5.13 Å². The zero-order chi connectivity index (χ0) is 28.8. The minimum Gasteiger partial charge on any atom is -0.490 e. The number of aliphatic imine (C=N–C) groups is 1. The summed E-state index contributed by atoms with van der Waals surface area (Å²) >= 11 is 1.08. The molecule has 2 heterocycles. The Bertz CT molecular complexity index is 1360. The van der Waals surface area contributed by atoms with Gasteiger partial charge >= 0.3 is 10.4 Å². The van der Waals surface area contributed by atoms with Crippen molar-refractivity contribution in [3.05, 3.63) is 40.9 Å². The number of Topliss-reactive ketones (excluding diaryl/α,β-unsaturated/α-hetero) is 1. The van der Waals surface area contributed by atoms with Crippen molar-refractivity contribution in [3.63, 3.8) is 0 Å². The molecular weight excluding hydrogens is 554 g/mol. The standard InChI is InChI=1S/C22H29N7O8S2/c1-22(2)15(20(31)29(22)37-39(32,33)34)11-17(30)18(16-12-38-21(25)27-16)28-36-10-9-35-14-5-3-13(4-6-14)19(24)26-8-7-23/h3-6,12,15H,7-11,23H2,1-2H3,(H2,24,26)(H2,25,27)(H,32,33,34)/b28-18-/t15-/m1/s1. The summed E-state index contributed by atoms with van der Waals surface area (Å²) in [4.78, 5) is 39.0. The maximum absolute atomic E-state index is 13.1. The quantitative estimate of drug-likeness (QED) is 0.0579. The number of oxime groups is 1. The fourth-order valence-electron chi connectivity index (χ4n) is 3.59. The van der Waals surface area contributed by atoms with Gasteiger partial charge in [-0.05, 0) is 38.1 Å². The van der Waals surface area contributed by atoms with Crippen LogP contribution in [0.25, 0.3) is 0 Å². The number of nitrogen functional groups attached to an aromatic ring is 1. The number of aromatic nitrogens is 1. The number of ether oxygens (including phenoxy) is 1. The van der Waals surface area contributed by atoms with E-state index in [9.17, 15) is 18.0 Å². The topological polar surface area (TPSA) is 235 Å². The molecule has 0 unspecified atom stereocenters. The summed E-state index contributed by atoms with van der Waals surface area (Å²) in [5, 5.41) is 6.11. The normalized spacial score (nSPS) is 17.6. The van der Waals surface area contributed by atoms with Gasteiger partial charge in [0.15, 0.2) is 23.2 Å². The van der Waals surface area contributed by atoms with E-state index in [1.165, 1.54) is 19.2 Å². The highest BCUT2D eigenvalue weighted by atomic mass is 32.3. The van der Waals surface area contributed by atoms with Crippen molar-refractivity contribution in [2.75, 3.05) is 32.0 Å². The second kappa shape index (κ2) is 12.5. The predicted octanol–water partition coefficient (Wildman–Crippen LogP) is 0.120. The lowest BCUT2D eigenvalue weighted by Crippen LogP contribution is -2.68. The van der Waals surface area contributed by atoms with E-state index in [-0.39, 0.29) is 36.2 Å². The number of hydrogen-bond acceptors (Lipinski definition) is 13. The molecule has 0 saturated carbocycles. The number of hydroxylamine groups is 2. The number of carbonyl (C=O) groups excluding carboxylic acids is 2. The van der Waals surface area contributed by atoms with Crippen LogP contribution in [0.15, 0.2) is 39.8 Å². The van der Waals surface area contributed by atoms with Gasteiger partial charge in [-0.3, -0.25) is 19.1 Å². The fraction of sp³-hybridized carbons (Fsp3) is 0.409. The van der Waals surface area contributed by atoms with E-state index >= 15 is 0 Å². The molecule has 3 rings (SSSR count). The summed E-state index contributed by atoms with van der Waals surface area (Å²) in [6, 6.07) is 6.92. The van der Waals surface area contributed by atoms with Crippen molar-refractivity contribution in [1.29, 1.82) is 0 Å². The number of hydrogen-bond donors (Lipinski definition) is 4. The van der Waals surface area contributed by atoms with Gasteiger partial charge in [0, 0.05) is 23.9 Å². The summed E-state index contributed by atoms with van der Waals surface area (Å²) in [5.74, 6) is -1.42. The molecule has 0 spiro atoms. The van der Waals surface area contributed by atoms with Crippen LogP contribution in [-0.2, 0) is 29.1 Å². The van der Waals surface area contributed by atoms with Crippen LogP contribution in [0.3, 0.4) is 0 Å². The van der Waals surface area contributed by atoms with Gasteiger partial charge in [0.25, 0.3) is 5.91 Å². The maximum atomic E-state index is 13.1. The first-order chi connectivity index (χ1) is 18.3. The first-order valence-corrected chi connectivity index (χ1v) is 13.8. The minimum atomic E-state index is -4.92. The van der Waals surface area contributed by atoms with Crippen LogP contribution < -0.4 is 21.9 Å². The molecule has 1 aliphatic heterocycles. The Labute approximate surface area is 228 Å². The molecule has 0 aliphatic carbocycles. The molecule has 17 heteroatoms. The van der Waals surface area contributed by atoms with Crippen LogP contribution >= 0.6 is 11.3 Å². The number of anilines is 1. The molecule has 0 bridgehead atoms. The van der Waals surface area contributed by atoms with E-state index in [0.29, 0.717) is 29.7 Å². The monoisotopic (exact) mass is 583 g/mol. The molecule has 212 valence electrons. The first kappa shape index (κ1) is 29.9. The molecule has 1 atom stereocenters. The van der Waals surface area contributed by atoms with E-state index in [4.69, 9.17) is 31.3 Å². The van der Waals surface area contributed by atoms with E-state index in [1.807, 2.05) is 0 Å². The largest absolute Gasteiger partial charge is 0.490 e. The van der Waals surface area contributed by atoms with Crippen molar-refractivity contribution in [1.82, 2.24) is 10.0 Å². The van der Waals surface area contributed by atoms with Gasteiger partial charge in [-0.1, -0.05) is 5.16 Å². The number of rotatable bonds is 14. The van der Waals surface area contributed by atoms with Crippen LogP contribution in [0.1, 0.15) is 31.5 Å². The van der Waals surface area contributed by atoms with Gasteiger partial charge in [-0.25, -0.2) is 4.98 Å². The number of benzene rings is 1. The molecule has 15 nitrogen and oxygen atoms in total. The lowest BCUT2D eigenvalue weighted by atomic mass is 9.74. The van der Waals surface area contributed by atoms with Crippen molar-refractivity contribution >= 4 is 50.1 Å². The second-order valence-corrected chi connectivity index (χ2v) is 10.6. The number of amidine groups is 1. The summed E-state index contributed by atoms with van der Waals surface area (Å²) in [6.45, 7) is 3.86. The van der Waals surface area contributed by atoms with Gasteiger partial charge in [-0.2, -0.15) is 13.5 Å². The van der Waals surface area contributed by atoms with Gasteiger partial charge in [0.1, 0.15) is 23.9 Å². The van der Waals surface area contributed by atoms with Crippen LogP contribution in [0.5, 0.6) is 5.75 Å². The number of β-lactam (4-membered cyclic amide) rings is 1. The third kappa shape index (κ3) is 7.70. The lowest BCUT2D eigenvalue weighted by Gasteiger charge is -2.50. The van der Waals surface area contributed by atoms with Gasteiger partial charge in [0.2, 0.25) is 0 Å². The molecule has 1 saturated heterocycles. The molecule has 2 aromatic rings. The maximum Gasteiger partial charge on any atom is 0.418 e. The number of thiazole rings is 1. The summed E-state index contributed by atoms with van der Waals surface area (Å²) in [5.41, 5.74) is 16.5. The van der Waals surface area contributed by atoms with Gasteiger partial charge in [0.05, 0.1) is 18.0 Å². The Morgan fingerprint density at radius 2 is 1.95 bits per heavy atom. The minimum absolute atomic E-state index is 0.0257. The molecule has 39 heavy (non-hydrogen) atoms. The molecule has 0 radical (unpaired) electrons. The Morgan fingerprint density at radius 3 is 2.51 bits per heavy atom. The van der Waals surface area contributed by atoms with E-state index in [0.717, 1.165) is 16.9 Å². The van der Waals surface area contributed by atoms with E-state index in [2.05, 4.69) is 19.4 Å². The number of nitrogens with two attached hydrogens (primary N) is 3. The zero-order valence-electron chi connectivity index (χ0n) is 21.1. The molecular formula is C22H29N7O8S2. The molecule has 7 N–H and O–H groups in total.